The van der Waals surface area contributed by atoms with E-state index < -0.39 is 11.4 Å². The number of nitrogens with one attached hydrogen (secondary N) is 1. The lowest BCUT2D eigenvalue weighted by Gasteiger charge is -2.15. The van der Waals surface area contributed by atoms with E-state index in [1.165, 1.54) is 34.9 Å². The fourth-order valence-electron chi connectivity index (χ4n) is 3.36. The number of nitrogens with two attached hydrogens (primary N) is 2. The molecule has 0 unspecified atom stereocenters. The van der Waals surface area contributed by atoms with Crippen LogP contribution >= 0.6 is 23.2 Å². The molecule has 9 nitrogen and oxygen atoms in total. The number of anilines is 3. The summed E-state index contributed by atoms with van der Waals surface area (Å²) in [6.45, 7) is 0.187. The van der Waals surface area contributed by atoms with Crippen LogP contribution < -0.4 is 22.3 Å². The molecule has 0 amide bonds. The summed E-state index contributed by atoms with van der Waals surface area (Å²) in [4.78, 5) is 25.5. The molecule has 166 valence electrons. The Kier molecular flexibility index (Phi) is 6.00. The minimum absolute atomic E-state index is 0.0387. The number of nitriles is 1. The Morgan fingerprint density at radius 2 is 1.85 bits per heavy atom. The van der Waals surface area contributed by atoms with Gasteiger partial charge in [0.1, 0.15) is 34.5 Å². The SMILES string of the molecule is N#Cc1c(N)nc(N)nc1NCCc1nc2cccc(F)c2c(=O)n1-c1cc(Cl)cc(Cl)c1. The minimum atomic E-state index is -0.692. The van der Waals surface area contributed by atoms with Gasteiger partial charge in [-0.05, 0) is 30.3 Å². The average Bonchev–Trinajstić information content (AvgIpc) is 2.72. The van der Waals surface area contributed by atoms with Crippen LogP contribution in [-0.2, 0) is 6.42 Å². The van der Waals surface area contributed by atoms with Gasteiger partial charge in [-0.15, -0.1) is 0 Å². The highest BCUT2D eigenvalue weighted by molar-refractivity contribution is 6.34. The standard InChI is InChI=1S/C21H15Cl2FN8O/c22-10-6-11(23)8-12(7-10)32-16(29-15-3-1-2-14(24)17(15)20(32)33)4-5-28-19-13(9-25)18(26)30-21(27)31-19/h1-3,6-8H,4-5H2,(H5,26,27,28,30,31). The Morgan fingerprint density at radius 3 is 2.55 bits per heavy atom. The molecule has 0 spiro atoms. The van der Waals surface area contributed by atoms with E-state index in [0.29, 0.717) is 21.6 Å². The maximum absolute atomic E-state index is 14.5. The lowest BCUT2D eigenvalue weighted by Crippen LogP contribution is -2.26. The Hall–Kier alpha value is -3.94. The van der Waals surface area contributed by atoms with Gasteiger partial charge in [-0.1, -0.05) is 29.3 Å². The zero-order valence-corrected chi connectivity index (χ0v) is 18.3. The van der Waals surface area contributed by atoms with Crippen molar-refractivity contribution in [2.24, 2.45) is 0 Å². The fourth-order valence-corrected chi connectivity index (χ4v) is 3.88. The summed E-state index contributed by atoms with van der Waals surface area (Å²) in [7, 11) is 0. The van der Waals surface area contributed by atoms with Gasteiger partial charge in [0.2, 0.25) is 5.95 Å². The van der Waals surface area contributed by atoms with E-state index >= 15 is 0 Å². The van der Waals surface area contributed by atoms with Crippen molar-refractivity contribution in [2.75, 3.05) is 23.3 Å². The first-order valence-electron chi connectivity index (χ1n) is 9.52. The lowest BCUT2D eigenvalue weighted by molar-refractivity contribution is 0.636. The molecule has 2 heterocycles. The van der Waals surface area contributed by atoms with Crippen LogP contribution in [0.3, 0.4) is 0 Å². The molecule has 0 atom stereocenters. The number of hydrogen-bond acceptors (Lipinski definition) is 8. The number of fused-ring (bicyclic) bond motifs is 1. The zero-order valence-electron chi connectivity index (χ0n) is 16.8. The second-order valence-corrected chi connectivity index (χ2v) is 7.78. The van der Waals surface area contributed by atoms with E-state index in [2.05, 4.69) is 20.3 Å². The van der Waals surface area contributed by atoms with Crippen LogP contribution in [0.2, 0.25) is 10.0 Å². The maximum atomic E-state index is 14.5. The first-order chi connectivity index (χ1) is 15.8. The van der Waals surface area contributed by atoms with E-state index in [9.17, 15) is 14.4 Å². The van der Waals surface area contributed by atoms with Gasteiger partial charge in [-0.2, -0.15) is 15.2 Å². The van der Waals surface area contributed by atoms with Gasteiger partial charge in [0.25, 0.3) is 5.56 Å². The van der Waals surface area contributed by atoms with Crippen LogP contribution in [0.4, 0.5) is 22.0 Å². The quantitative estimate of drug-likeness (QED) is 0.390. The molecular formula is C21H15Cl2FN8O. The molecule has 0 aliphatic heterocycles. The Morgan fingerprint density at radius 1 is 1.12 bits per heavy atom. The van der Waals surface area contributed by atoms with Crippen molar-refractivity contribution in [2.45, 2.75) is 6.42 Å². The molecule has 0 saturated carbocycles. The third kappa shape index (κ3) is 4.37. The zero-order chi connectivity index (χ0) is 23.7. The van der Waals surface area contributed by atoms with Gasteiger partial charge in [0.15, 0.2) is 5.82 Å². The van der Waals surface area contributed by atoms with Crippen LogP contribution in [0, 0.1) is 17.1 Å². The number of aromatic nitrogens is 4. The summed E-state index contributed by atoms with van der Waals surface area (Å²) in [6.07, 6.45) is 0.181. The largest absolute Gasteiger partial charge is 0.382 e. The minimum Gasteiger partial charge on any atom is -0.382 e. The van der Waals surface area contributed by atoms with Gasteiger partial charge in [-0.25, -0.2) is 9.37 Å². The Labute approximate surface area is 196 Å². The average molecular weight is 485 g/mol. The number of benzene rings is 2. The highest BCUT2D eigenvalue weighted by Gasteiger charge is 2.17. The third-order valence-electron chi connectivity index (χ3n) is 4.73. The van der Waals surface area contributed by atoms with Crippen molar-refractivity contribution in [3.8, 4) is 11.8 Å². The third-order valence-corrected chi connectivity index (χ3v) is 5.17. The van der Waals surface area contributed by atoms with Gasteiger partial charge in [0.05, 0.1) is 11.2 Å². The second kappa shape index (κ2) is 8.90. The fraction of sp³-hybridized carbons (Fsp3) is 0.0952. The molecule has 0 saturated heterocycles. The highest BCUT2D eigenvalue weighted by atomic mass is 35.5. The predicted molar refractivity (Wildman–Crippen MR) is 125 cm³/mol. The summed E-state index contributed by atoms with van der Waals surface area (Å²) < 4.78 is 15.7. The van der Waals surface area contributed by atoms with Crippen LogP contribution in [0.5, 0.6) is 0 Å². The number of halogens is 3. The Bertz CT molecular complexity index is 1480. The van der Waals surface area contributed by atoms with E-state index in [4.69, 9.17) is 34.7 Å². The van der Waals surface area contributed by atoms with Gasteiger partial charge in [-0.3, -0.25) is 9.36 Å². The summed E-state index contributed by atoms with van der Waals surface area (Å²) in [5.74, 6) is -0.398. The molecule has 0 fully saturated rings. The summed E-state index contributed by atoms with van der Waals surface area (Å²) in [5.41, 5.74) is 11.3. The van der Waals surface area contributed by atoms with Gasteiger partial charge < -0.3 is 16.8 Å². The van der Waals surface area contributed by atoms with E-state index in [1.54, 1.807) is 6.07 Å². The van der Waals surface area contributed by atoms with E-state index in [0.717, 1.165) is 0 Å². The van der Waals surface area contributed by atoms with Crippen molar-refractivity contribution in [3.05, 3.63) is 74.0 Å². The molecule has 0 bridgehead atoms. The molecule has 2 aromatic heterocycles. The number of nitrogens with zero attached hydrogens (tertiary/aromatic N) is 5. The maximum Gasteiger partial charge on any atom is 0.268 e. The molecule has 0 aliphatic carbocycles. The molecule has 4 rings (SSSR count). The highest BCUT2D eigenvalue weighted by Crippen LogP contribution is 2.24. The predicted octanol–water partition coefficient (Wildman–Crippen LogP) is 3.31. The number of hydrogen-bond donors (Lipinski definition) is 3. The summed E-state index contributed by atoms with van der Waals surface area (Å²) >= 11 is 12.3. The number of rotatable bonds is 5. The molecule has 5 N–H and O–H groups in total. The topological polar surface area (TPSA) is 149 Å². The summed E-state index contributed by atoms with van der Waals surface area (Å²) in [5, 5.41) is 12.7. The van der Waals surface area contributed by atoms with Crippen LogP contribution in [-0.4, -0.2) is 26.1 Å². The van der Waals surface area contributed by atoms with Crippen molar-refractivity contribution >= 4 is 51.7 Å². The van der Waals surface area contributed by atoms with Crippen molar-refractivity contribution in [1.82, 2.24) is 19.5 Å². The molecule has 0 radical (unpaired) electrons. The summed E-state index contributed by atoms with van der Waals surface area (Å²) in [6, 6.07) is 10.7. The van der Waals surface area contributed by atoms with Crippen LogP contribution in [0.25, 0.3) is 16.6 Å². The first kappa shape index (κ1) is 22.3. The first-order valence-corrected chi connectivity index (χ1v) is 10.3. The molecular weight excluding hydrogens is 470 g/mol. The second-order valence-electron chi connectivity index (χ2n) is 6.91. The van der Waals surface area contributed by atoms with Crippen molar-refractivity contribution in [1.29, 1.82) is 5.26 Å². The Balaban J connectivity index is 1.79. The molecule has 4 aromatic rings. The van der Waals surface area contributed by atoms with Crippen LogP contribution in [0.1, 0.15) is 11.4 Å². The van der Waals surface area contributed by atoms with Crippen molar-refractivity contribution < 1.29 is 4.39 Å². The molecule has 2 aromatic carbocycles. The van der Waals surface area contributed by atoms with Crippen molar-refractivity contribution in [3.63, 3.8) is 0 Å². The van der Waals surface area contributed by atoms with E-state index in [-0.39, 0.29) is 47.0 Å². The number of nitrogen functional groups attached to an aromatic ring is 2. The van der Waals surface area contributed by atoms with E-state index in [1.807, 2.05) is 6.07 Å². The van der Waals surface area contributed by atoms with Gasteiger partial charge in [0, 0.05) is 23.0 Å². The normalized spacial score (nSPS) is 10.8. The molecule has 33 heavy (non-hydrogen) atoms. The molecule has 12 heteroatoms. The lowest BCUT2D eigenvalue weighted by atomic mass is 10.2. The van der Waals surface area contributed by atoms with Crippen LogP contribution in [0.15, 0.2) is 41.2 Å². The molecule has 0 aliphatic rings. The smallest absolute Gasteiger partial charge is 0.268 e. The van der Waals surface area contributed by atoms with Gasteiger partial charge >= 0.3 is 0 Å². The monoisotopic (exact) mass is 484 g/mol.